The van der Waals surface area contributed by atoms with Gasteiger partial charge < -0.3 is 9.84 Å². The fraction of sp³-hybridized carbons (Fsp3) is 0.571. The standard InChI is InChI=1S/C21H28N2O2S/c1-20(2,3)23-10-8-21(9-11-23)7-6-15-12-16(4-5-18(15)25-21)19-22-13-17(14-24)26-19/h4-5,12-13,24H,6-11,14H2,1-3H3. The Kier molecular flexibility index (Phi) is 4.58. The summed E-state index contributed by atoms with van der Waals surface area (Å²) in [6.45, 7) is 9.17. The van der Waals surface area contributed by atoms with Gasteiger partial charge in [0, 0.05) is 30.4 Å². The van der Waals surface area contributed by atoms with Crippen LogP contribution in [0.5, 0.6) is 5.75 Å². The van der Waals surface area contributed by atoms with Gasteiger partial charge in [0.15, 0.2) is 0 Å². The number of aliphatic hydroxyl groups is 1. The third kappa shape index (κ3) is 3.40. The van der Waals surface area contributed by atoms with Crippen molar-refractivity contribution in [3.8, 4) is 16.3 Å². The predicted molar refractivity (Wildman–Crippen MR) is 106 cm³/mol. The van der Waals surface area contributed by atoms with E-state index in [1.165, 1.54) is 5.56 Å². The number of fused-ring (bicyclic) bond motifs is 1. The lowest BCUT2D eigenvalue weighted by Gasteiger charge is -2.48. The molecule has 1 saturated heterocycles. The number of nitrogens with zero attached hydrogens (tertiary/aromatic N) is 2. The van der Waals surface area contributed by atoms with Gasteiger partial charge in [0.1, 0.15) is 16.4 Å². The van der Waals surface area contributed by atoms with E-state index in [4.69, 9.17) is 4.74 Å². The molecule has 2 aliphatic rings. The lowest BCUT2D eigenvalue weighted by atomic mass is 9.82. The Hall–Kier alpha value is -1.43. The first-order chi connectivity index (χ1) is 12.4. The molecule has 4 rings (SSSR count). The van der Waals surface area contributed by atoms with Crippen molar-refractivity contribution in [1.82, 2.24) is 9.88 Å². The Morgan fingerprint density at radius 1 is 1.23 bits per heavy atom. The van der Waals surface area contributed by atoms with E-state index in [2.05, 4.69) is 48.9 Å². The fourth-order valence-electron chi connectivity index (χ4n) is 4.11. The van der Waals surface area contributed by atoms with E-state index in [0.29, 0.717) is 0 Å². The quantitative estimate of drug-likeness (QED) is 0.855. The van der Waals surface area contributed by atoms with Gasteiger partial charge in [-0.1, -0.05) is 0 Å². The molecule has 1 fully saturated rings. The van der Waals surface area contributed by atoms with E-state index in [1.807, 2.05) is 0 Å². The van der Waals surface area contributed by atoms with Gasteiger partial charge >= 0.3 is 0 Å². The molecular formula is C21H28N2O2S. The second-order valence-corrected chi connectivity index (χ2v) is 9.67. The summed E-state index contributed by atoms with van der Waals surface area (Å²) in [6, 6.07) is 6.43. The highest BCUT2D eigenvalue weighted by Gasteiger charge is 2.41. The van der Waals surface area contributed by atoms with Crippen LogP contribution in [-0.2, 0) is 13.0 Å². The van der Waals surface area contributed by atoms with Gasteiger partial charge in [-0.25, -0.2) is 4.98 Å². The average molecular weight is 373 g/mol. The van der Waals surface area contributed by atoms with Crippen LogP contribution in [0, 0.1) is 0 Å². The van der Waals surface area contributed by atoms with Gasteiger partial charge in [-0.15, -0.1) is 11.3 Å². The second-order valence-electron chi connectivity index (χ2n) is 8.56. The molecule has 0 aliphatic carbocycles. The Labute approximate surface area is 159 Å². The van der Waals surface area contributed by atoms with Crippen molar-refractivity contribution < 1.29 is 9.84 Å². The van der Waals surface area contributed by atoms with Crippen molar-refractivity contribution in [1.29, 1.82) is 0 Å². The summed E-state index contributed by atoms with van der Waals surface area (Å²) in [7, 11) is 0. The molecule has 2 aromatic rings. The minimum absolute atomic E-state index is 0.0154. The second kappa shape index (κ2) is 6.63. The van der Waals surface area contributed by atoms with Crippen LogP contribution in [0.1, 0.15) is 50.5 Å². The molecule has 2 aliphatic heterocycles. The van der Waals surface area contributed by atoms with Crippen LogP contribution in [0.2, 0.25) is 0 Å². The van der Waals surface area contributed by atoms with Gasteiger partial charge in [0.05, 0.1) is 11.5 Å². The summed E-state index contributed by atoms with van der Waals surface area (Å²) < 4.78 is 6.55. The summed E-state index contributed by atoms with van der Waals surface area (Å²) in [6.07, 6.45) is 6.14. The first-order valence-electron chi connectivity index (χ1n) is 9.52. The molecule has 1 N–H and O–H groups in total. The summed E-state index contributed by atoms with van der Waals surface area (Å²) >= 11 is 1.55. The molecule has 1 aromatic heterocycles. The van der Waals surface area contributed by atoms with Crippen molar-refractivity contribution in [3.05, 3.63) is 34.8 Å². The third-order valence-corrected chi connectivity index (χ3v) is 6.85. The zero-order chi connectivity index (χ0) is 18.4. The van der Waals surface area contributed by atoms with E-state index < -0.39 is 0 Å². The van der Waals surface area contributed by atoms with Crippen LogP contribution in [0.25, 0.3) is 10.6 Å². The van der Waals surface area contributed by atoms with E-state index in [-0.39, 0.29) is 17.7 Å². The van der Waals surface area contributed by atoms with Gasteiger partial charge in [-0.2, -0.15) is 0 Å². The maximum absolute atomic E-state index is 9.25. The minimum Gasteiger partial charge on any atom is -0.487 e. The molecule has 140 valence electrons. The predicted octanol–water partition coefficient (Wildman–Crippen LogP) is 4.26. The van der Waals surface area contributed by atoms with Crippen LogP contribution in [-0.4, -0.2) is 39.2 Å². The van der Waals surface area contributed by atoms with Crippen molar-refractivity contribution in [2.45, 2.75) is 64.2 Å². The minimum atomic E-state index is 0.0154. The van der Waals surface area contributed by atoms with Gasteiger partial charge in [-0.05, 0) is 70.2 Å². The van der Waals surface area contributed by atoms with Crippen molar-refractivity contribution in [2.75, 3.05) is 13.1 Å². The Bertz CT molecular complexity index is 786. The molecule has 0 unspecified atom stereocenters. The van der Waals surface area contributed by atoms with Crippen LogP contribution in [0.3, 0.4) is 0 Å². The highest BCUT2D eigenvalue weighted by molar-refractivity contribution is 7.15. The Morgan fingerprint density at radius 3 is 2.65 bits per heavy atom. The average Bonchev–Trinajstić information content (AvgIpc) is 3.10. The van der Waals surface area contributed by atoms with Crippen LogP contribution in [0.15, 0.2) is 24.4 Å². The molecule has 1 spiro atoms. The molecule has 0 radical (unpaired) electrons. The number of hydrogen-bond donors (Lipinski definition) is 1. The molecule has 4 nitrogen and oxygen atoms in total. The molecule has 0 saturated carbocycles. The number of benzene rings is 1. The highest BCUT2D eigenvalue weighted by Crippen LogP contribution is 2.41. The molecule has 0 amide bonds. The Morgan fingerprint density at radius 2 is 2.00 bits per heavy atom. The topological polar surface area (TPSA) is 45.6 Å². The summed E-state index contributed by atoms with van der Waals surface area (Å²) in [5.41, 5.74) is 2.66. The van der Waals surface area contributed by atoms with E-state index in [1.54, 1.807) is 17.5 Å². The van der Waals surface area contributed by atoms with E-state index in [0.717, 1.165) is 60.0 Å². The number of ether oxygens (including phenoxy) is 1. The smallest absolute Gasteiger partial charge is 0.123 e. The zero-order valence-corrected chi connectivity index (χ0v) is 16.7. The lowest BCUT2D eigenvalue weighted by molar-refractivity contribution is -0.0355. The summed E-state index contributed by atoms with van der Waals surface area (Å²) in [4.78, 5) is 7.91. The first kappa shape index (κ1) is 18.0. The summed E-state index contributed by atoms with van der Waals surface area (Å²) in [5, 5.41) is 10.2. The van der Waals surface area contributed by atoms with Crippen LogP contribution in [0.4, 0.5) is 0 Å². The molecule has 26 heavy (non-hydrogen) atoms. The van der Waals surface area contributed by atoms with Gasteiger partial charge in [0.25, 0.3) is 0 Å². The number of rotatable bonds is 2. The number of piperidine rings is 1. The highest BCUT2D eigenvalue weighted by atomic mass is 32.1. The van der Waals surface area contributed by atoms with Crippen LogP contribution >= 0.6 is 11.3 Å². The number of hydrogen-bond acceptors (Lipinski definition) is 5. The molecule has 1 aromatic carbocycles. The number of likely N-dealkylation sites (tertiary alicyclic amines) is 1. The Balaban J connectivity index is 1.50. The maximum atomic E-state index is 9.25. The molecule has 5 heteroatoms. The number of thiazole rings is 1. The monoisotopic (exact) mass is 372 g/mol. The van der Waals surface area contributed by atoms with Gasteiger partial charge in [0.2, 0.25) is 0 Å². The first-order valence-corrected chi connectivity index (χ1v) is 10.3. The SMILES string of the molecule is CC(C)(C)N1CCC2(CCc3cc(-c4ncc(CO)s4)ccc3O2)CC1. The van der Waals surface area contributed by atoms with E-state index >= 15 is 0 Å². The van der Waals surface area contributed by atoms with Crippen molar-refractivity contribution in [2.24, 2.45) is 0 Å². The number of aromatic nitrogens is 1. The van der Waals surface area contributed by atoms with E-state index in [9.17, 15) is 5.11 Å². The molecular weight excluding hydrogens is 344 g/mol. The van der Waals surface area contributed by atoms with Gasteiger partial charge in [-0.3, -0.25) is 4.90 Å². The molecule has 3 heterocycles. The fourth-order valence-corrected chi connectivity index (χ4v) is 4.87. The largest absolute Gasteiger partial charge is 0.487 e. The normalized spacial score (nSPS) is 20.0. The number of aliphatic hydroxyl groups excluding tert-OH is 1. The summed E-state index contributed by atoms with van der Waals surface area (Å²) in [5.74, 6) is 1.04. The van der Waals surface area contributed by atoms with Crippen molar-refractivity contribution >= 4 is 11.3 Å². The molecule has 0 atom stereocenters. The lowest BCUT2D eigenvalue weighted by Crippen LogP contribution is -2.54. The molecule has 0 bridgehead atoms. The van der Waals surface area contributed by atoms with Crippen molar-refractivity contribution in [3.63, 3.8) is 0 Å². The number of aryl methyl sites for hydroxylation is 1. The third-order valence-electron chi connectivity index (χ3n) is 5.82. The maximum Gasteiger partial charge on any atom is 0.123 e. The zero-order valence-electron chi connectivity index (χ0n) is 15.9. The van der Waals surface area contributed by atoms with Crippen LogP contribution < -0.4 is 4.74 Å².